The zero-order chi connectivity index (χ0) is 15.3. The van der Waals surface area contributed by atoms with Gasteiger partial charge in [-0.2, -0.15) is 0 Å². The monoisotopic (exact) mass is 293 g/mol. The molecule has 0 unspecified atom stereocenters. The van der Waals surface area contributed by atoms with Crippen LogP contribution >= 0.6 is 0 Å². The van der Waals surface area contributed by atoms with E-state index in [2.05, 4.69) is 26.1 Å². The molecule has 1 N–H and O–H groups in total. The van der Waals surface area contributed by atoms with Crippen molar-refractivity contribution < 1.29 is 14.2 Å². The van der Waals surface area contributed by atoms with Crippen LogP contribution in [0.4, 0.5) is 0 Å². The van der Waals surface area contributed by atoms with E-state index < -0.39 is 0 Å². The maximum Gasteiger partial charge on any atom is 0.189 e. The average Bonchev–Trinajstić information content (AvgIpc) is 3.25. The molecule has 21 heavy (non-hydrogen) atoms. The third-order valence-electron chi connectivity index (χ3n) is 3.43. The normalized spacial score (nSPS) is 15.0. The van der Waals surface area contributed by atoms with Crippen LogP contribution in [0.1, 0.15) is 39.2 Å². The Kier molecular flexibility index (Phi) is 5.48. The molecule has 0 aliphatic heterocycles. The highest BCUT2D eigenvalue weighted by molar-refractivity contribution is 5.40. The first-order chi connectivity index (χ1) is 9.98. The van der Waals surface area contributed by atoms with Gasteiger partial charge in [0.2, 0.25) is 0 Å². The van der Waals surface area contributed by atoms with E-state index in [0.717, 1.165) is 36.1 Å². The zero-order valence-electron chi connectivity index (χ0n) is 13.6. The van der Waals surface area contributed by atoms with Gasteiger partial charge < -0.3 is 19.5 Å². The maximum atomic E-state index is 5.76. The van der Waals surface area contributed by atoms with Crippen LogP contribution < -0.4 is 14.8 Å². The highest BCUT2D eigenvalue weighted by Crippen LogP contribution is 2.29. The summed E-state index contributed by atoms with van der Waals surface area (Å²) in [5, 5.41) is 3.47. The van der Waals surface area contributed by atoms with Gasteiger partial charge in [0, 0.05) is 17.6 Å². The minimum atomic E-state index is 0.0584. The van der Waals surface area contributed by atoms with Crippen LogP contribution in [-0.2, 0) is 11.3 Å². The Hall–Kier alpha value is -1.26. The summed E-state index contributed by atoms with van der Waals surface area (Å²) in [4.78, 5) is 0. The molecule has 1 aromatic carbocycles. The molecule has 1 saturated carbocycles. The van der Waals surface area contributed by atoms with Crippen molar-refractivity contribution in [1.29, 1.82) is 0 Å². The molecule has 0 spiro atoms. The molecule has 0 atom stereocenters. The summed E-state index contributed by atoms with van der Waals surface area (Å²) in [7, 11) is 1.68. The van der Waals surface area contributed by atoms with Crippen molar-refractivity contribution in [3.05, 3.63) is 23.8 Å². The third kappa shape index (κ3) is 5.94. The fourth-order valence-electron chi connectivity index (χ4n) is 1.93. The largest absolute Gasteiger partial charge is 0.497 e. The molecule has 0 heterocycles. The molecule has 4 nitrogen and oxygen atoms in total. The second kappa shape index (κ2) is 7.14. The summed E-state index contributed by atoms with van der Waals surface area (Å²) >= 11 is 0. The molecule has 118 valence electrons. The second-order valence-electron chi connectivity index (χ2n) is 6.65. The number of ether oxygens (including phenoxy) is 3. The van der Waals surface area contributed by atoms with E-state index in [4.69, 9.17) is 14.2 Å². The van der Waals surface area contributed by atoms with E-state index in [1.54, 1.807) is 7.11 Å². The van der Waals surface area contributed by atoms with Crippen molar-refractivity contribution in [2.75, 3.05) is 20.5 Å². The minimum Gasteiger partial charge on any atom is -0.497 e. The van der Waals surface area contributed by atoms with Gasteiger partial charge in [0.25, 0.3) is 0 Å². The first kappa shape index (κ1) is 16.1. The highest BCUT2D eigenvalue weighted by atomic mass is 16.7. The Balaban J connectivity index is 1.92. The molecular formula is C17H27NO3. The van der Waals surface area contributed by atoms with Crippen molar-refractivity contribution in [3.63, 3.8) is 0 Å². The van der Waals surface area contributed by atoms with Gasteiger partial charge in [-0.25, -0.2) is 0 Å². The predicted octanol–water partition coefficient (Wildman–Crippen LogP) is 3.35. The first-order valence-corrected chi connectivity index (χ1v) is 7.60. The molecule has 0 radical (unpaired) electrons. The van der Waals surface area contributed by atoms with Crippen LogP contribution in [0.15, 0.2) is 18.2 Å². The summed E-state index contributed by atoms with van der Waals surface area (Å²) in [6.07, 6.45) is 2.59. The van der Waals surface area contributed by atoms with Crippen LogP contribution in [-0.4, -0.2) is 26.0 Å². The van der Waals surface area contributed by atoms with Crippen molar-refractivity contribution in [3.8, 4) is 11.5 Å². The fourth-order valence-corrected chi connectivity index (χ4v) is 1.93. The van der Waals surface area contributed by atoms with Gasteiger partial charge in [-0.3, -0.25) is 0 Å². The molecule has 1 aromatic rings. The Labute approximate surface area is 127 Å². The van der Waals surface area contributed by atoms with Crippen LogP contribution in [0.2, 0.25) is 0 Å². The van der Waals surface area contributed by atoms with Crippen LogP contribution in [0, 0.1) is 5.92 Å². The highest BCUT2D eigenvalue weighted by Gasteiger charge is 2.21. The summed E-state index contributed by atoms with van der Waals surface area (Å²) < 4.78 is 16.6. The van der Waals surface area contributed by atoms with Crippen molar-refractivity contribution in [1.82, 2.24) is 5.32 Å². The van der Waals surface area contributed by atoms with Gasteiger partial charge in [-0.15, -0.1) is 0 Å². The zero-order valence-corrected chi connectivity index (χ0v) is 13.6. The fraction of sp³-hybridized carbons (Fsp3) is 0.647. The lowest BCUT2D eigenvalue weighted by Crippen LogP contribution is -2.35. The third-order valence-corrected chi connectivity index (χ3v) is 3.43. The Bertz CT molecular complexity index is 450. The molecule has 1 aliphatic rings. The van der Waals surface area contributed by atoms with E-state index in [1.165, 1.54) is 12.8 Å². The van der Waals surface area contributed by atoms with E-state index in [-0.39, 0.29) is 5.54 Å². The number of hydrogen-bond acceptors (Lipinski definition) is 4. The molecule has 4 heteroatoms. The Morgan fingerprint density at radius 1 is 1.24 bits per heavy atom. The predicted molar refractivity (Wildman–Crippen MR) is 83.8 cm³/mol. The lowest BCUT2D eigenvalue weighted by atomic mass is 10.1. The van der Waals surface area contributed by atoms with E-state index in [9.17, 15) is 0 Å². The van der Waals surface area contributed by atoms with Gasteiger partial charge in [0.1, 0.15) is 11.5 Å². The van der Waals surface area contributed by atoms with Gasteiger partial charge in [0.15, 0.2) is 6.79 Å². The summed E-state index contributed by atoms with van der Waals surface area (Å²) in [5.74, 6) is 2.45. The maximum absolute atomic E-state index is 5.76. The summed E-state index contributed by atoms with van der Waals surface area (Å²) in [6, 6.07) is 5.87. The lowest BCUT2D eigenvalue weighted by Gasteiger charge is -2.22. The number of rotatable bonds is 8. The topological polar surface area (TPSA) is 39.7 Å². The number of nitrogens with one attached hydrogen (secondary N) is 1. The van der Waals surface area contributed by atoms with Gasteiger partial charge >= 0.3 is 0 Å². The average molecular weight is 293 g/mol. The standard InChI is InChI=1S/C17H27NO3/c1-17(2,3)18-10-14-9-15(19-4)7-8-16(14)21-12-20-11-13-5-6-13/h7-9,13,18H,5-6,10-12H2,1-4H3. The van der Waals surface area contributed by atoms with Gasteiger partial charge in [0.05, 0.1) is 13.7 Å². The Morgan fingerprint density at radius 2 is 2.00 bits per heavy atom. The molecule has 1 aliphatic carbocycles. The molecule has 0 bridgehead atoms. The van der Waals surface area contributed by atoms with E-state index >= 15 is 0 Å². The lowest BCUT2D eigenvalue weighted by molar-refractivity contribution is 0.00935. The molecule has 1 fully saturated rings. The summed E-state index contributed by atoms with van der Waals surface area (Å²) in [5.41, 5.74) is 1.14. The van der Waals surface area contributed by atoms with Gasteiger partial charge in [-0.05, 0) is 57.7 Å². The van der Waals surface area contributed by atoms with Gasteiger partial charge in [-0.1, -0.05) is 0 Å². The quantitative estimate of drug-likeness (QED) is 0.589. The molecule has 0 amide bonds. The van der Waals surface area contributed by atoms with Crippen molar-refractivity contribution in [2.24, 2.45) is 5.92 Å². The van der Waals surface area contributed by atoms with Crippen LogP contribution in [0.5, 0.6) is 11.5 Å². The molecule has 0 aromatic heterocycles. The van der Waals surface area contributed by atoms with Crippen molar-refractivity contribution >= 4 is 0 Å². The van der Waals surface area contributed by atoms with Crippen molar-refractivity contribution in [2.45, 2.75) is 45.7 Å². The minimum absolute atomic E-state index is 0.0584. The Morgan fingerprint density at radius 3 is 2.62 bits per heavy atom. The van der Waals surface area contributed by atoms with Crippen LogP contribution in [0.25, 0.3) is 0 Å². The summed E-state index contributed by atoms with van der Waals surface area (Å²) in [6.45, 7) is 8.29. The number of hydrogen-bond donors (Lipinski definition) is 1. The number of methoxy groups -OCH3 is 1. The SMILES string of the molecule is COc1ccc(OCOCC2CC2)c(CNC(C)(C)C)c1. The smallest absolute Gasteiger partial charge is 0.189 e. The molecule has 2 rings (SSSR count). The first-order valence-electron chi connectivity index (χ1n) is 7.60. The van der Waals surface area contributed by atoms with E-state index in [0.29, 0.717) is 6.79 Å². The van der Waals surface area contributed by atoms with Crippen LogP contribution in [0.3, 0.4) is 0 Å². The molecule has 0 saturated heterocycles. The van der Waals surface area contributed by atoms with E-state index in [1.807, 2.05) is 18.2 Å². The molecular weight excluding hydrogens is 266 g/mol. The number of benzene rings is 1. The second-order valence-corrected chi connectivity index (χ2v) is 6.65.